The van der Waals surface area contributed by atoms with Crippen molar-refractivity contribution in [3.8, 4) is 0 Å². The van der Waals surface area contributed by atoms with Crippen molar-refractivity contribution in [1.82, 2.24) is 4.90 Å². The number of nitro benzene ring substituents is 1. The van der Waals surface area contributed by atoms with E-state index in [1.807, 2.05) is 25.1 Å². The number of anilines is 1. The Bertz CT molecular complexity index is 841. The standard InChI is InChI=1S/C19H21N3O4S/c1-14-6-5-8-16(10-14)20-18(23)12-27-13-19(24)21(2)11-15-7-3-4-9-17(15)22(25)26/h3-10H,11-13H2,1-2H3,(H,20,23). The predicted molar refractivity (Wildman–Crippen MR) is 107 cm³/mol. The number of hydrogen-bond acceptors (Lipinski definition) is 5. The summed E-state index contributed by atoms with van der Waals surface area (Å²) in [7, 11) is 1.59. The fraction of sp³-hybridized carbons (Fsp3) is 0.263. The monoisotopic (exact) mass is 387 g/mol. The Kier molecular flexibility index (Phi) is 7.36. The van der Waals surface area contributed by atoms with Crippen LogP contribution in [0.3, 0.4) is 0 Å². The fourth-order valence-electron chi connectivity index (χ4n) is 2.43. The minimum atomic E-state index is -0.460. The van der Waals surface area contributed by atoms with Crippen molar-refractivity contribution in [3.05, 3.63) is 69.8 Å². The highest BCUT2D eigenvalue weighted by atomic mass is 32.2. The SMILES string of the molecule is Cc1cccc(NC(=O)CSCC(=O)N(C)Cc2ccccc2[N+](=O)[O-])c1. The molecular weight excluding hydrogens is 366 g/mol. The van der Waals surface area contributed by atoms with Crippen LogP contribution in [0.5, 0.6) is 0 Å². The number of nitrogens with one attached hydrogen (secondary N) is 1. The first-order valence-corrected chi connectivity index (χ1v) is 9.43. The molecule has 0 bridgehead atoms. The van der Waals surface area contributed by atoms with Gasteiger partial charge in [0.1, 0.15) is 0 Å². The number of carbonyl (C=O) groups excluding carboxylic acids is 2. The topological polar surface area (TPSA) is 92.6 Å². The Labute approximate surface area is 161 Å². The van der Waals surface area contributed by atoms with Crippen LogP contribution in [0.15, 0.2) is 48.5 Å². The summed E-state index contributed by atoms with van der Waals surface area (Å²) in [5.41, 5.74) is 2.23. The fourth-order valence-corrected chi connectivity index (χ4v) is 3.18. The van der Waals surface area contributed by atoms with E-state index in [2.05, 4.69) is 5.32 Å². The van der Waals surface area contributed by atoms with Gasteiger partial charge in [0, 0.05) is 24.4 Å². The molecule has 0 aromatic heterocycles. The Morgan fingerprint density at radius 2 is 1.89 bits per heavy atom. The highest BCUT2D eigenvalue weighted by Crippen LogP contribution is 2.19. The smallest absolute Gasteiger partial charge is 0.274 e. The summed E-state index contributed by atoms with van der Waals surface area (Å²) in [6, 6.07) is 13.8. The van der Waals surface area contributed by atoms with Crippen LogP contribution in [0.25, 0.3) is 0 Å². The highest BCUT2D eigenvalue weighted by molar-refractivity contribution is 8.00. The third kappa shape index (κ3) is 6.41. The van der Waals surface area contributed by atoms with Crippen molar-refractivity contribution < 1.29 is 14.5 Å². The summed E-state index contributed by atoms with van der Waals surface area (Å²) in [6.07, 6.45) is 0. The molecule has 7 nitrogen and oxygen atoms in total. The van der Waals surface area contributed by atoms with Crippen molar-refractivity contribution in [2.75, 3.05) is 23.9 Å². The first-order chi connectivity index (χ1) is 12.9. The van der Waals surface area contributed by atoms with Gasteiger partial charge in [0.15, 0.2) is 0 Å². The number of aryl methyl sites for hydroxylation is 1. The van der Waals surface area contributed by atoms with Gasteiger partial charge in [0.25, 0.3) is 5.69 Å². The van der Waals surface area contributed by atoms with Crippen LogP contribution in [-0.4, -0.2) is 40.2 Å². The molecule has 0 spiro atoms. The molecule has 142 valence electrons. The minimum Gasteiger partial charge on any atom is -0.340 e. The molecule has 27 heavy (non-hydrogen) atoms. The van der Waals surface area contributed by atoms with Crippen molar-refractivity contribution in [1.29, 1.82) is 0 Å². The molecule has 0 aliphatic rings. The van der Waals surface area contributed by atoms with Crippen LogP contribution >= 0.6 is 11.8 Å². The number of benzene rings is 2. The summed E-state index contributed by atoms with van der Waals surface area (Å²) in [5, 5.41) is 13.8. The zero-order valence-electron chi connectivity index (χ0n) is 15.2. The summed E-state index contributed by atoms with van der Waals surface area (Å²) in [5.74, 6) is -0.0987. The average Bonchev–Trinajstić information content (AvgIpc) is 2.61. The van der Waals surface area contributed by atoms with Gasteiger partial charge in [0.05, 0.1) is 23.0 Å². The summed E-state index contributed by atoms with van der Waals surface area (Å²) in [6.45, 7) is 2.09. The Morgan fingerprint density at radius 1 is 1.15 bits per heavy atom. The number of rotatable bonds is 8. The molecule has 1 N–H and O–H groups in total. The molecule has 0 atom stereocenters. The van der Waals surface area contributed by atoms with Crippen molar-refractivity contribution >= 4 is 35.0 Å². The maximum atomic E-state index is 12.2. The van der Waals surface area contributed by atoms with Crippen LogP contribution in [0.4, 0.5) is 11.4 Å². The van der Waals surface area contributed by atoms with Gasteiger partial charge < -0.3 is 10.2 Å². The highest BCUT2D eigenvalue weighted by Gasteiger charge is 2.17. The lowest BCUT2D eigenvalue weighted by atomic mass is 10.1. The lowest BCUT2D eigenvalue weighted by Crippen LogP contribution is -2.28. The molecule has 0 aliphatic carbocycles. The number of amides is 2. The summed E-state index contributed by atoms with van der Waals surface area (Å²) < 4.78 is 0. The number of thioether (sulfide) groups is 1. The van der Waals surface area contributed by atoms with Crippen molar-refractivity contribution in [2.24, 2.45) is 0 Å². The molecule has 2 aromatic rings. The maximum Gasteiger partial charge on any atom is 0.274 e. The van der Waals surface area contributed by atoms with E-state index in [1.54, 1.807) is 31.3 Å². The van der Waals surface area contributed by atoms with Gasteiger partial charge in [-0.1, -0.05) is 30.3 Å². The van der Waals surface area contributed by atoms with Gasteiger partial charge in [-0.3, -0.25) is 19.7 Å². The third-order valence-electron chi connectivity index (χ3n) is 3.78. The van der Waals surface area contributed by atoms with Gasteiger partial charge in [-0.15, -0.1) is 11.8 Å². The van der Waals surface area contributed by atoms with Crippen LogP contribution in [0.1, 0.15) is 11.1 Å². The summed E-state index contributed by atoms with van der Waals surface area (Å²) in [4.78, 5) is 36.2. The number of nitro groups is 1. The minimum absolute atomic E-state index is 0.0117. The van der Waals surface area contributed by atoms with Gasteiger partial charge in [-0.25, -0.2) is 0 Å². The molecule has 8 heteroatoms. The number of carbonyl (C=O) groups is 2. The van der Waals surface area contributed by atoms with E-state index in [0.29, 0.717) is 5.56 Å². The maximum absolute atomic E-state index is 12.2. The second kappa shape index (κ2) is 9.72. The Hall–Kier alpha value is -2.87. The van der Waals surface area contributed by atoms with Gasteiger partial charge in [-0.05, 0) is 24.6 Å². The second-order valence-electron chi connectivity index (χ2n) is 6.05. The van der Waals surface area contributed by atoms with E-state index >= 15 is 0 Å². The molecule has 0 heterocycles. The molecule has 2 aromatic carbocycles. The molecule has 0 fully saturated rings. The molecule has 0 aliphatic heterocycles. The van der Waals surface area contributed by atoms with E-state index in [-0.39, 0.29) is 35.6 Å². The third-order valence-corrected chi connectivity index (χ3v) is 4.70. The number of para-hydroxylation sites is 1. The second-order valence-corrected chi connectivity index (χ2v) is 7.03. The zero-order valence-corrected chi connectivity index (χ0v) is 16.0. The molecule has 2 rings (SSSR count). The van der Waals surface area contributed by atoms with Gasteiger partial charge in [-0.2, -0.15) is 0 Å². The quantitative estimate of drug-likeness (QED) is 0.554. The first-order valence-electron chi connectivity index (χ1n) is 8.27. The van der Waals surface area contributed by atoms with Crippen molar-refractivity contribution in [3.63, 3.8) is 0 Å². The largest absolute Gasteiger partial charge is 0.340 e. The normalized spacial score (nSPS) is 10.3. The summed E-state index contributed by atoms with van der Waals surface area (Å²) >= 11 is 1.21. The Balaban J connectivity index is 1.80. The lowest BCUT2D eigenvalue weighted by Gasteiger charge is -2.17. The van der Waals surface area contributed by atoms with Crippen molar-refractivity contribution in [2.45, 2.75) is 13.5 Å². The van der Waals surface area contributed by atoms with Crippen LogP contribution < -0.4 is 5.32 Å². The lowest BCUT2D eigenvalue weighted by molar-refractivity contribution is -0.385. The number of hydrogen-bond donors (Lipinski definition) is 1. The molecule has 0 saturated heterocycles. The number of nitrogens with zero attached hydrogens (tertiary/aromatic N) is 2. The molecule has 0 radical (unpaired) electrons. The van der Waals surface area contributed by atoms with E-state index in [1.165, 1.54) is 22.7 Å². The molecule has 2 amide bonds. The van der Waals surface area contributed by atoms with E-state index < -0.39 is 4.92 Å². The predicted octanol–water partition coefficient (Wildman–Crippen LogP) is 3.23. The van der Waals surface area contributed by atoms with Gasteiger partial charge in [0.2, 0.25) is 11.8 Å². The Morgan fingerprint density at radius 3 is 2.59 bits per heavy atom. The van der Waals surface area contributed by atoms with Crippen LogP contribution in [-0.2, 0) is 16.1 Å². The van der Waals surface area contributed by atoms with E-state index in [9.17, 15) is 19.7 Å². The average molecular weight is 387 g/mol. The van der Waals surface area contributed by atoms with E-state index in [4.69, 9.17) is 0 Å². The van der Waals surface area contributed by atoms with E-state index in [0.717, 1.165) is 11.3 Å². The van der Waals surface area contributed by atoms with Crippen LogP contribution in [0, 0.1) is 17.0 Å². The van der Waals surface area contributed by atoms with Gasteiger partial charge >= 0.3 is 0 Å². The molecular formula is C19H21N3O4S. The first kappa shape index (κ1) is 20.4. The molecule has 0 saturated carbocycles. The zero-order chi connectivity index (χ0) is 19.8. The molecule has 0 unspecified atom stereocenters. The van der Waals surface area contributed by atoms with Crippen LogP contribution in [0.2, 0.25) is 0 Å².